The van der Waals surface area contributed by atoms with Crippen LogP contribution < -0.4 is 10.6 Å². The molecule has 5 nitrogen and oxygen atoms in total. The van der Waals surface area contributed by atoms with Gasteiger partial charge in [-0.3, -0.25) is 9.59 Å². The summed E-state index contributed by atoms with van der Waals surface area (Å²) in [5.74, 6) is 0.788. The minimum atomic E-state index is 0.0277. The quantitative estimate of drug-likeness (QED) is 0.830. The molecule has 0 radical (unpaired) electrons. The second kappa shape index (κ2) is 5.97. The molecule has 1 fully saturated rings. The van der Waals surface area contributed by atoms with E-state index >= 15 is 0 Å². The molecule has 5 heteroatoms. The number of hydrogen-bond donors (Lipinski definition) is 2. The van der Waals surface area contributed by atoms with Crippen molar-refractivity contribution in [1.82, 2.24) is 4.98 Å². The molecular formula is C17H17N3O2. The predicted octanol–water partition coefficient (Wildman–Crippen LogP) is 3.38. The van der Waals surface area contributed by atoms with Gasteiger partial charge in [-0.05, 0) is 44.0 Å². The lowest BCUT2D eigenvalue weighted by Gasteiger charge is -2.08. The number of carbonyl (C=O) groups excluding carboxylic acids is 2. The zero-order valence-electron chi connectivity index (χ0n) is 12.3. The number of carbonyl (C=O) groups is 2. The first-order valence-corrected chi connectivity index (χ1v) is 7.27. The van der Waals surface area contributed by atoms with Gasteiger partial charge in [0.05, 0.1) is 11.9 Å². The van der Waals surface area contributed by atoms with E-state index in [0.717, 1.165) is 24.2 Å². The summed E-state index contributed by atoms with van der Waals surface area (Å²) in [6.45, 7) is 1.54. The third-order valence-electron chi connectivity index (χ3n) is 3.52. The van der Waals surface area contributed by atoms with Crippen molar-refractivity contribution >= 4 is 28.9 Å². The summed E-state index contributed by atoms with van der Waals surface area (Å²) < 4.78 is 0. The molecule has 1 aromatic heterocycles. The lowest BCUT2D eigenvalue weighted by molar-refractivity contribution is -0.117. The molecule has 1 aliphatic carbocycles. The summed E-state index contributed by atoms with van der Waals surface area (Å²) in [4.78, 5) is 27.3. The number of pyridine rings is 1. The predicted molar refractivity (Wildman–Crippen MR) is 85.3 cm³/mol. The van der Waals surface area contributed by atoms with E-state index in [1.807, 2.05) is 18.2 Å². The smallest absolute Gasteiger partial charge is 0.228 e. The first-order chi connectivity index (χ1) is 10.6. The maximum atomic E-state index is 11.7. The molecule has 1 amide bonds. The van der Waals surface area contributed by atoms with Crippen LogP contribution in [0, 0.1) is 5.92 Å². The Morgan fingerprint density at radius 1 is 1.14 bits per heavy atom. The average Bonchev–Trinajstić information content (AvgIpc) is 3.34. The Morgan fingerprint density at radius 2 is 1.95 bits per heavy atom. The molecule has 0 atom stereocenters. The summed E-state index contributed by atoms with van der Waals surface area (Å²) in [6.07, 6.45) is 3.60. The number of nitrogens with zero attached hydrogens (tertiary/aromatic N) is 1. The van der Waals surface area contributed by atoms with Gasteiger partial charge in [0, 0.05) is 17.2 Å². The van der Waals surface area contributed by atoms with Crippen LogP contribution in [0.15, 0.2) is 42.6 Å². The molecule has 0 saturated heterocycles. The molecule has 22 heavy (non-hydrogen) atoms. The number of ketones is 1. The van der Waals surface area contributed by atoms with Gasteiger partial charge in [-0.15, -0.1) is 0 Å². The van der Waals surface area contributed by atoms with Crippen LogP contribution in [0.5, 0.6) is 0 Å². The van der Waals surface area contributed by atoms with Crippen LogP contribution in [-0.4, -0.2) is 16.7 Å². The molecule has 0 bridgehead atoms. The topological polar surface area (TPSA) is 71.1 Å². The molecular weight excluding hydrogens is 278 g/mol. The molecule has 1 saturated carbocycles. The van der Waals surface area contributed by atoms with Crippen molar-refractivity contribution in [2.24, 2.45) is 5.92 Å². The van der Waals surface area contributed by atoms with E-state index < -0.39 is 0 Å². The largest absolute Gasteiger partial charge is 0.354 e. The summed E-state index contributed by atoms with van der Waals surface area (Å²) >= 11 is 0. The Labute approximate surface area is 128 Å². The zero-order valence-corrected chi connectivity index (χ0v) is 12.3. The average molecular weight is 295 g/mol. The Bertz CT molecular complexity index is 706. The van der Waals surface area contributed by atoms with Crippen LogP contribution in [0.2, 0.25) is 0 Å². The molecule has 3 rings (SSSR count). The van der Waals surface area contributed by atoms with E-state index in [1.54, 1.807) is 24.4 Å². The first-order valence-electron chi connectivity index (χ1n) is 7.27. The highest BCUT2D eigenvalue weighted by Gasteiger charge is 2.29. The van der Waals surface area contributed by atoms with Gasteiger partial charge >= 0.3 is 0 Å². The number of aromatic nitrogens is 1. The highest BCUT2D eigenvalue weighted by molar-refractivity contribution is 5.95. The number of nitrogens with one attached hydrogen (secondary N) is 2. The fourth-order valence-corrected chi connectivity index (χ4v) is 2.10. The van der Waals surface area contributed by atoms with Crippen LogP contribution in [0.25, 0.3) is 0 Å². The van der Waals surface area contributed by atoms with Crippen molar-refractivity contribution in [2.45, 2.75) is 19.8 Å². The van der Waals surface area contributed by atoms with Crippen molar-refractivity contribution in [3.05, 3.63) is 48.2 Å². The SMILES string of the molecule is CC(=O)c1cccc(Nc2ccc(NC(=O)C3CC3)nc2)c1. The first kappa shape index (κ1) is 14.3. The van der Waals surface area contributed by atoms with E-state index in [-0.39, 0.29) is 17.6 Å². The molecule has 1 aromatic carbocycles. The number of anilines is 3. The summed E-state index contributed by atoms with van der Waals surface area (Å²) in [7, 11) is 0. The summed E-state index contributed by atoms with van der Waals surface area (Å²) in [6, 6.07) is 10.9. The Balaban J connectivity index is 1.66. The van der Waals surface area contributed by atoms with Gasteiger partial charge in [0.15, 0.2) is 5.78 Å². The second-order valence-corrected chi connectivity index (χ2v) is 5.46. The van der Waals surface area contributed by atoms with E-state index in [9.17, 15) is 9.59 Å². The maximum absolute atomic E-state index is 11.7. The van der Waals surface area contributed by atoms with Crippen LogP contribution in [0.4, 0.5) is 17.2 Å². The van der Waals surface area contributed by atoms with Gasteiger partial charge in [0.25, 0.3) is 0 Å². The molecule has 112 valence electrons. The standard InChI is InChI=1S/C17H17N3O2/c1-11(21)13-3-2-4-14(9-13)19-15-7-8-16(18-10-15)20-17(22)12-5-6-12/h2-4,7-10,12,19H,5-6H2,1H3,(H,18,20,22). The fraction of sp³-hybridized carbons (Fsp3) is 0.235. The third-order valence-corrected chi connectivity index (χ3v) is 3.52. The van der Waals surface area contributed by atoms with Crippen LogP contribution in [-0.2, 0) is 4.79 Å². The third kappa shape index (κ3) is 3.49. The van der Waals surface area contributed by atoms with E-state index in [0.29, 0.717) is 11.4 Å². The van der Waals surface area contributed by atoms with Gasteiger partial charge in [-0.2, -0.15) is 0 Å². The number of rotatable bonds is 5. The molecule has 0 unspecified atom stereocenters. The van der Waals surface area contributed by atoms with Crippen LogP contribution >= 0.6 is 0 Å². The van der Waals surface area contributed by atoms with E-state index in [1.165, 1.54) is 6.92 Å². The van der Waals surface area contributed by atoms with E-state index in [2.05, 4.69) is 15.6 Å². The van der Waals surface area contributed by atoms with Crippen molar-refractivity contribution in [3.8, 4) is 0 Å². The number of hydrogen-bond acceptors (Lipinski definition) is 4. The summed E-state index contributed by atoms with van der Waals surface area (Å²) in [5, 5.41) is 5.98. The van der Waals surface area contributed by atoms with Crippen LogP contribution in [0.3, 0.4) is 0 Å². The highest BCUT2D eigenvalue weighted by atomic mass is 16.2. The van der Waals surface area contributed by atoms with Gasteiger partial charge in [0.1, 0.15) is 5.82 Å². The number of amides is 1. The molecule has 0 spiro atoms. The lowest BCUT2D eigenvalue weighted by atomic mass is 10.1. The zero-order chi connectivity index (χ0) is 15.5. The van der Waals surface area contributed by atoms with Crippen molar-refractivity contribution in [2.75, 3.05) is 10.6 Å². The van der Waals surface area contributed by atoms with Gasteiger partial charge in [-0.25, -0.2) is 4.98 Å². The molecule has 1 aliphatic rings. The van der Waals surface area contributed by atoms with Gasteiger partial charge < -0.3 is 10.6 Å². The second-order valence-electron chi connectivity index (χ2n) is 5.46. The van der Waals surface area contributed by atoms with E-state index in [4.69, 9.17) is 0 Å². The molecule has 0 aliphatic heterocycles. The Kier molecular flexibility index (Phi) is 3.87. The molecule has 1 heterocycles. The lowest BCUT2D eigenvalue weighted by Crippen LogP contribution is -2.14. The van der Waals surface area contributed by atoms with Crippen molar-refractivity contribution < 1.29 is 9.59 Å². The van der Waals surface area contributed by atoms with Crippen molar-refractivity contribution in [1.29, 1.82) is 0 Å². The minimum Gasteiger partial charge on any atom is -0.354 e. The van der Waals surface area contributed by atoms with Gasteiger partial charge in [-0.1, -0.05) is 12.1 Å². The number of Topliss-reactive ketones (excluding diaryl/α,β-unsaturated/α-hetero) is 1. The minimum absolute atomic E-state index is 0.0277. The fourth-order valence-electron chi connectivity index (χ4n) is 2.10. The van der Waals surface area contributed by atoms with Crippen LogP contribution in [0.1, 0.15) is 30.1 Å². The van der Waals surface area contributed by atoms with Crippen molar-refractivity contribution in [3.63, 3.8) is 0 Å². The molecule has 2 N–H and O–H groups in total. The summed E-state index contributed by atoms with van der Waals surface area (Å²) in [5.41, 5.74) is 2.28. The number of benzene rings is 1. The molecule has 2 aromatic rings. The maximum Gasteiger partial charge on any atom is 0.228 e. The normalized spacial score (nSPS) is 13.5. The Morgan fingerprint density at radius 3 is 2.59 bits per heavy atom. The Hall–Kier alpha value is -2.69. The monoisotopic (exact) mass is 295 g/mol. The highest BCUT2D eigenvalue weighted by Crippen LogP contribution is 2.30. The van der Waals surface area contributed by atoms with Gasteiger partial charge in [0.2, 0.25) is 5.91 Å².